The van der Waals surface area contributed by atoms with E-state index in [0.29, 0.717) is 17.9 Å². The Morgan fingerprint density at radius 1 is 1.32 bits per heavy atom. The molecule has 0 aromatic heterocycles. The third-order valence-electron chi connectivity index (χ3n) is 2.86. The molecule has 104 valence electrons. The van der Waals surface area contributed by atoms with Crippen molar-refractivity contribution in [3.8, 4) is 5.75 Å². The van der Waals surface area contributed by atoms with Gasteiger partial charge in [0.1, 0.15) is 17.2 Å². The molecule has 0 atom stereocenters. The highest BCUT2D eigenvalue weighted by Crippen LogP contribution is 2.30. The summed E-state index contributed by atoms with van der Waals surface area (Å²) >= 11 is 0. The van der Waals surface area contributed by atoms with E-state index in [-0.39, 0.29) is 12.4 Å². The summed E-state index contributed by atoms with van der Waals surface area (Å²) in [6.45, 7) is 5.99. The molecule has 0 N–H and O–H groups in total. The normalized spacial score (nSPS) is 14.3. The molecule has 0 bridgehead atoms. The summed E-state index contributed by atoms with van der Waals surface area (Å²) in [5, 5.41) is 0. The zero-order valence-corrected chi connectivity index (χ0v) is 11.6. The van der Waals surface area contributed by atoms with E-state index in [0.717, 1.165) is 5.56 Å². The summed E-state index contributed by atoms with van der Waals surface area (Å²) in [6.07, 6.45) is -0.429. The first-order valence-electron chi connectivity index (χ1n) is 6.13. The third-order valence-corrected chi connectivity index (χ3v) is 2.86. The molecule has 1 aliphatic rings. The summed E-state index contributed by atoms with van der Waals surface area (Å²) in [6, 6.07) is 3.08. The van der Waals surface area contributed by atoms with Gasteiger partial charge in [0, 0.05) is 18.2 Å². The largest absolute Gasteiger partial charge is 0.497 e. The maximum absolute atomic E-state index is 13.9. The number of nitrogens with zero attached hydrogens (tertiary/aromatic N) is 1. The maximum Gasteiger partial charge on any atom is 0.410 e. The lowest BCUT2D eigenvalue weighted by molar-refractivity contribution is 0.0241. The second-order valence-corrected chi connectivity index (χ2v) is 5.58. The predicted octanol–water partition coefficient (Wildman–Crippen LogP) is 3.09. The number of hydrogen-bond acceptors (Lipinski definition) is 3. The first-order chi connectivity index (χ1) is 8.80. The monoisotopic (exact) mass is 267 g/mol. The van der Waals surface area contributed by atoms with Crippen LogP contribution in [0, 0.1) is 5.82 Å². The van der Waals surface area contributed by atoms with Crippen LogP contribution in [0.15, 0.2) is 12.1 Å². The third kappa shape index (κ3) is 2.97. The summed E-state index contributed by atoms with van der Waals surface area (Å²) in [5.74, 6) is 0.114. The van der Waals surface area contributed by atoms with Gasteiger partial charge in [-0.3, -0.25) is 4.90 Å². The number of methoxy groups -OCH3 is 1. The summed E-state index contributed by atoms with van der Waals surface area (Å²) in [4.78, 5) is 13.4. The fourth-order valence-corrected chi connectivity index (χ4v) is 2.01. The molecule has 0 unspecified atom stereocenters. The molecule has 0 fully saturated rings. The Labute approximate surface area is 112 Å². The minimum absolute atomic E-state index is 0.236. The standard InChI is InChI=1S/C14H18FNO3/c1-14(2,3)19-13(17)16-7-9-5-10(18-4)6-12(15)11(9)8-16/h5-6H,7-8H2,1-4H3. The SMILES string of the molecule is COc1cc(F)c2c(c1)CN(C(=O)OC(C)(C)C)C2. The van der Waals surface area contributed by atoms with Crippen LogP contribution in [-0.4, -0.2) is 23.7 Å². The lowest BCUT2D eigenvalue weighted by atomic mass is 10.1. The number of ether oxygens (including phenoxy) is 2. The van der Waals surface area contributed by atoms with Gasteiger partial charge in [-0.2, -0.15) is 0 Å². The van der Waals surface area contributed by atoms with Crippen molar-refractivity contribution in [2.45, 2.75) is 39.5 Å². The maximum atomic E-state index is 13.9. The van der Waals surface area contributed by atoms with Gasteiger partial charge in [-0.25, -0.2) is 9.18 Å². The molecule has 0 aliphatic carbocycles. The first-order valence-corrected chi connectivity index (χ1v) is 6.13. The van der Waals surface area contributed by atoms with Gasteiger partial charge in [0.25, 0.3) is 0 Å². The molecule has 0 saturated heterocycles. The van der Waals surface area contributed by atoms with Crippen LogP contribution in [0.25, 0.3) is 0 Å². The Kier molecular flexibility index (Phi) is 3.39. The van der Waals surface area contributed by atoms with Crippen molar-refractivity contribution in [3.05, 3.63) is 29.1 Å². The minimum atomic E-state index is -0.553. The van der Waals surface area contributed by atoms with Gasteiger partial charge in [0.15, 0.2) is 0 Å². The highest BCUT2D eigenvalue weighted by Gasteiger charge is 2.29. The van der Waals surface area contributed by atoms with Gasteiger partial charge in [-0.05, 0) is 32.4 Å². The Morgan fingerprint density at radius 2 is 2.00 bits per heavy atom. The van der Waals surface area contributed by atoms with E-state index >= 15 is 0 Å². The van der Waals surface area contributed by atoms with E-state index in [4.69, 9.17) is 9.47 Å². The van der Waals surface area contributed by atoms with E-state index in [9.17, 15) is 9.18 Å². The van der Waals surface area contributed by atoms with Gasteiger partial charge in [0.05, 0.1) is 13.7 Å². The van der Waals surface area contributed by atoms with Gasteiger partial charge >= 0.3 is 6.09 Å². The Morgan fingerprint density at radius 3 is 2.58 bits per heavy atom. The van der Waals surface area contributed by atoms with Crippen LogP contribution in [-0.2, 0) is 17.8 Å². The van der Waals surface area contributed by atoms with Crippen molar-refractivity contribution < 1.29 is 18.7 Å². The predicted molar refractivity (Wildman–Crippen MR) is 68.4 cm³/mol. The molecule has 0 saturated carbocycles. The Balaban J connectivity index is 2.16. The fraction of sp³-hybridized carbons (Fsp3) is 0.500. The molecular weight excluding hydrogens is 249 g/mol. The molecule has 2 rings (SSSR count). The molecule has 1 aliphatic heterocycles. The molecule has 1 aromatic carbocycles. The molecule has 0 spiro atoms. The second kappa shape index (κ2) is 4.72. The van der Waals surface area contributed by atoms with Crippen molar-refractivity contribution in [3.63, 3.8) is 0 Å². The topological polar surface area (TPSA) is 38.8 Å². The van der Waals surface area contributed by atoms with Crippen LogP contribution in [0.1, 0.15) is 31.9 Å². The van der Waals surface area contributed by atoms with Gasteiger partial charge < -0.3 is 9.47 Å². The quantitative estimate of drug-likeness (QED) is 0.785. The van der Waals surface area contributed by atoms with Crippen LogP contribution in [0.3, 0.4) is 0 Å². The number of rotatable bonds is 1. The van der Waals surface area contributed by atoms with Gasteiger partial charge in [0.2, 0.25) is 0 Å². The van der Waals surface area contributed by atoms with Crippen molar-refractivity contribution in [2.24, 2.45) is 0 Å². The highest BCUT2D eigenvalue weighted by atomic mass is 19.1. The average molecular weight is 267 g/mol. The number of amides is 1. The van der Waals surface area contributed by atoms with E-state index in [1.54, 1.807) is 26.8 Å². The van der Waals surface area contributed by atoms with Crippen molar-refractivity contribution >= 4 is 6.09 Å². The number of halogens is 1. The van der Waals surface area contributed by atoms with Crippen LogP contribution >= 0.6 is 0 Å². The smallest absolute Gasteiger partial charge is 0.410 e. The van der Waals surface area contributed by atoms with Crippen LogP contribution in [0.5, 0.6) is 5.75 Å². The minimum Gasteiger partial charge on any atom is -0.497 e. The van der Waals surface area contributed by atoms with Crippen LogP contribution < -0.4 is 4.74 Å². The number of benzene rings is 1. The molecule has 1 heterocycles. The molecule has 1 amide bonds. The summed E-state index contributed by atoms with van der Waals surface area (Å²) in [5.41, 5.74) is 0.747. The number of fused-ring (bicyclic) bond motifs is 1. The van der Waals surface area contributed by atoms with E-state index < -0.39 is 11.7 Å². The zero-order chi connectivity index (χ0) is 14.2. The molecule has 1 aromatic rings. The lowest BCUT2D eigenvalue weighted by Gasteiger charge is -2.24. The molecule has 4 nitrogen and oxygen atoms in total. The molecule has 19 heavy (non-hydrogen) atoms. The van der Waals surface area contributed by atoms with E-state index in [2.05, 4.69) is 0 Å². The van der Waals surface area contributed by atoms with Crippen LogP contribution in [0.4, 0.5) is 9.18 Å². The summed E-state index contributed by atoms with van der Waals surface area (Å²) in [7, 11) is 1.49. The zero-order valence-electron chi connectivity index (χ0n) is 11.6. The molecular formula is C14H18FNO3. The number of carbonyl (C=O) groups excluding carboxylic acids is 1. The van der Waals surface area contributed by atoms with E-state index in [1.807, 2.05) is 0 Å². The highest BCUT2D eigenvalue weighted by molar-refractivity contribution is 5.69. The molecule has 5 heteroatoms. The lowest BCUT2D eigenvalue weighted by Crippen LogP contribution is -2.33. The van der Waals surface area contributed by atoms with Crippen molar-refractivity contribution in [1.29, 1.82) is 0 Å². The van der Waals surface area contributed by atoms with E-state index in [1.165, 1.54) is 18.1 Å². The fourth-order valence-electron chi connectivity index (χ4n) is 2.01. The summed E-state index contributed by atoms with van der Waals surface area (Å²) < 4.78 is 24.2. The molecule has 0 radical (unpaired) electrons. The first kappa shape index (κ1) is 13.6. The van der Waals surface area contributed by atoms with Crippen molar-refractivity contribution in [1.82, 2.24) is 4.90 Å². The number of hydrogen-bond donors (Lipinski definition) is 0. The Bertz CT molecular complexity index is 508. The van der Waals surface area contributed by atoms with Gasteiger partial charge in [-0.15, -0.1) is 0 Å². The van der Waals surface area contributed by atoms with Crippen molar-refractivity contribution in [2.75, 3.05) is 7.11 Å². The van der Waals surface area contributed by atoms with Gasteiger partial charge in [-0.1, -0.05) is 0 Å². The Hall–Kier alpha value is -1.78. The average Bonchev–Trinajstić information content (AvgIpc) is 2.71. The number of carbonyl (C=O) groups is 1. The second-order valence-electron chi connectivity index (χ2n) is 5.58. The van der Waals surface area contributed by atoms with Crippen LogP contribution in [0.2, 0.25) is 0 Å².